The van der Waals surface area contributed by atoms with E-state index in [1.807, 2.05) is 13.0 Å². The van der Waals surface area contributed by atoms with Crippen LogP contribution in [0.15, 0.2) is 18.2 Å². The van der Waals surface area contributed by atoms with Crippen LogP contribution in [0.2, 0.25) is 5.02 Å². The zero-order valence-electron chi connectivity index (χ0n) is 10.3. The highest BCUT2D eigenvalue weighted by atomic mass is 127. The van der Waals surface area contributed by atoms with Crippen LogP contribution in [0.25, 0.3) is 0 Å². The van der Waals surface area contributed by atoms with Crippen LogP contribution >= 0.6 is 34.2 Å². The fourth-order valence-electron chi connectivity index (χ4n) is 1.54. The summed E-state index contributed by atoms with van der Waals surface area (Å²) in [4.78, 5) is 13.9. The van der Waals surface area contributed by atoms with Crippen LogP contribution in [0.3, 0.4) is 0 Å². The predicted molar refractivity (Wildman–Crippen MR) is 80.5 cm³/mol. The molecule has 1 rings (SSSR count). The predicted octanol–water partition coefficient (Wildman–Crippen LogP) is 3.57. The molecule has 1 amide bonds. The summed E-state index contributed by atoms with van der Waals surface area (Å²) in [6.07, 6.45) is 0. The van der Waals surface area contributed by atoms with Crippen molar-refractivity contribution in [3.63, 3.8) is 0 Å². The Balaban J connectivity index is 2.90. The fraction of sp³-hybridized carbons (Fsp3) is 0.385. The van der Waals surface area contributed by atoms with Crippen molar-refractivity contribution in [3.05, 3.63) is 32.4 Å². The molecule has 0 saturated carbocycles. The maximum atomic E-state index is 12.2. The van der Waals surface area contributed by atoms with Crippen molar-refractivity contribution >= 4 is 40.1 Å². The molecule has 96 valence electrons. The molecule has 1 unspecified atom stereocenters. The Bertz CT molecular complexity index is 484. The smallest absolute Gasteiger partial charge is 0.253 e. The molecule has 0 aliphatic carbocycles. The molecule has 0 saturated heterocycles. The highest BCUT2D eigenvalue weighted by molar-refractivity contribution is 14.1. The normalized spacial score (nSPS) is 11.7. The van der Waals surface area contributed by atoms with Gasteiger partial charge in [0.15, 0.2) is 0 Å². The minimum absolute atomic E-state index is 0.0853. The lowest BCUT2D eigenvalue weighted by atomic mass is 10.1. The van der Waals surface area contributed by atoms with E-state index in [9.17, 15) is 4.79 Å². The first-order valence-corrected chi connectivity index (χ1v) is 7.09. The number of hydrogen-bond donors (Lipinski definition) is 0. The summed E-state index contributed by atoms with van der Waals surface area (Å²) in [5, 5.41) is 9.38. The van der Waals surface area contributed by atoms with Gasteiger partial charge >= 0.3 is 0 Å². The van der Waals surface area contributed by atoms with Crippen molar-refractivity contribution in [2.24, 2.45) is 5.92 Å². The van der Waals surface area contributed by atoms with Crippen molar-refractivity contribution in [1.29, 1.82) is 5.26 Å². The van der Waals surface area contributed by atoms with Crippen molar-refractivity contribution < 1.29 is 4.79 Å². The summed E-state index contributed by atoms with van der Waals surface area (Å²) < 4.78 is 0.916. The zero-order chi connectivity index (χ0) is 13.7. The first kappa shape index (κ1) is 15.3. The van der Waals surface area contributed by atoms with Gasteiger partial charge in [0.25, 0.3) is 5.91 Å². The number of carbonyl (C=O) groups is 1. The average molecular weight is 377 g/mol. The third-order valence-electron chi connectivity index (χ3n) is 2.55. The zero-order valence-corrected chi connectivity index (χ0v) is 13.2. The summed E-state index contributed by atoms with van der Waals surface area (Å²) >= 11 is 8.13. The van der Waals surface area contributed by atoms with E-state index in [2.05, 4.69) is 28.7 Å². The number of amides is 1. The lowest BCUT2D eigenvalue weighted by Crippen LogP contribution is -2.34. The Labute approximate surface area is 126 Å². The number of hydrogen-bond acceptors (Lipinski definition) is 2. The third-order valence-corrected chi connectivity index (χ3v) is 4.12. The van der Waals surface area contributed by atoms with Crippen molar-refractivity contribution in [3.8, 4) is 6.07 Å². The number of halogens is 2. The lowest BCUT2D eigenvalue weighted by Gasteiger charge is -2.22. The van der Waals surface area contributed by atoms with E-state index in [1.165, 1.54) is 0 Å². The molecular weight excluding hydrogens is 363 g/mol. The second-order valence-electron chi connectivity index (χ2n) is 4.00. The minimum atomic E-state index is -0.173. The SMILES string of the molecule is CCN(CC(C)C#N)C(=O)c1ccc(I)c(Cl)c1. The van der Waals surface area contributed by atoms with E-state index >= 15 is 0 Å². The molecule has 0 fully saturated rings. The fourth-order valence-corrected chi connectivity index (χ4v) is 2.05. The molecule has 1 atom stereocenters. The number of rotatable bonds is 4. The maximum Gasteiger partial charge on any atom is 0.253 e. The summed E-state index contributed by atoms with van der Waals surface area (Å²) in [7, 11) is 0. The molecule has 0 aliphatic rings. The van der Waals surface area contributed by atoms with Gasteiger partial charge in [-0.2, -0.15) is 5.26 Å². The summed E-state index contributed by atoms with van der Waals surface area (Å²) in [5.74, 6) is -0.258. The molecule has 0 heterocycles. The molecule has 3 nitrogen and oxygen atoms in total. The average Bonchev–Trinajstić information content (AvgIpc) is 2.38. The number of benzene rings is 1. The topological polar surface area (TPSA) is 44.1 Å². The van der Waals surface area contributed by atoms with Crippen LogP contribution in [-0.4, -0.2) is 23.9 Å². The molecular formula is C13H14ClIN2O. The molecule has 0 aliphatic heterocycles. The van der Waals surface area contributed by atoms with Crippen molar-refractivity contribution in [1.82, 2.24) is 4.90 Å². The molecule has 0 bridgehead atoms. The summed E-state index contributed by atoms with van der Waals surface area (Å²) in [6, 6.07) is 7.38. The van der Waals surface area contributed by atoms with Gasteiger partial charge in [0.2, 0.25) is 0 Å². The van der Waals surface area contributed by atoms with Crippen LogP contribution in [0.5, 0.6) is 0 Å². The molecule has 1 aromatic rings. The standard InChI is InChI=1S/C13H14ClIN2O/c1-3-17(8-9(2)7-16)13(18)10-4-5-12(15)11(14)6-10/h4-6,9H,3,8H2,1-2H3. The Kier molecular flexibility index (Phi) is 5.89. The van der Waals surface area contributed by atoms with E-state index in [0.717, 1.165) is 3.57 Å². The molecule has 0 spiro atoms. The van der Waals surface area contributed by atoms with Gasteiger partial charge in [0.1, 0.15) is 0 Å². The number of nitriles is 1. The Morgan fingerprint density at radius 3 is 2.78 bits per heavy atom. The second kappa shape index (κ2) is 6.95. The van der Waals surface area contributed by atoms with E-state index in [1.54, 1.807) is 24.0 Å². The lowest BCUT2D eigenvalue weighted by molar-refractivity contribution is 0.0752. The molecule has 1 aromatic carbocycles. The molecule has 5 heteroatoms. The molecule has 0 radical (unpaired) electrons. The third kappa shape index (κ3) is 3.85. The number of carbonyl (C=O) groups excluding carboxylic acids is 1. The van der Waals surface area contributed by atoms with Gasteiger partial charge in [-0.1, -0.05) is 11.6 Å². The van der Waals surface area contributed by atoms with E-state index in [-0.39, 0.29) is 11.8 Å². The van der Waals surface area contributed by atoms with E-state index in [4.69, 9.17) is 16.9 Å². The number of nitrogens with zero attached hydrogens (tertiary/aromatic N) is 2. The minimum Gasteiger partial charge on any atom is -0.338 e. The summed E-state index contributed by atoms with van der Waals surface area (Å²) in [5.41, 5.74) is 0.562. The van der Waals surface area contributed by atoms with E-state index in [0.29, 0.717) is 23.7 Å². The van der Waals surface area contributed by atoms with Crippen LogP contribution in [-0.2, 0) is 0 Å². The molecule has 0 aromatic heterocycles. The van der Waals surface area contributed by atoms with Gasteiger partial charge in [-0.15, -0.1) is 0 Å². The van der Waals surface area contributed by atoms with Crippen LogP contribution in [0.4, 0.5) is 0 Å². The largest absolute Gasteiger partial charge is 0.338 e. The van der Waals surface area contributed by atoms with Gasteiger partial charge in [0.05, 0.1) is 17.0 Å². The second-order valence-corrected chi connectivity index (χ2v) is 5.57. The Morgan fingerprint density at radius 1 is 1.61 bits per heavy atom. The van der Waals surface area contributed by atoms with Crippen LogP contribution in [0.1, 0.15) is 24.2 Å². The highest BCUT2D eigenvalue weighted by Gasteiger charge is 2.17. The first-order chi connectivity index (χ1) is 8.49. The van der Waals surface area contributed by atoms with Gasteiger partial charge in [0, 0.05) is 22.2 Å². The van der Waals surface area contributed by atoms with Crippen LogP contribution < -0.4 is 0 Å². The first-order valence-electron chi connectivity index (χ1n) is 5.63. The molecule has 18 heavy (non-hydrogen) atoms. The van der Waals surface area contributed by atoms with Gasteiger partial charge in [-0.25, -0.2) is 0 Å². The maximum absolute atomic E-state index is 12.2. The van der Waals surface area contributed by atoms with Crippen LogP contribution in [0, 0.1) is 20.8 Å². The van der Waals surface area contributed by atoms with Crippen molar-refractivity contribution in [2.75, 3.05) is 13.1 Å². The Morgan fingerprint density at radius 2 is 2.28 bits per heavy atom. The van der Waals surface area contributed by atoms with Gasteiger partial charge in [-0.05, 0) is 54.6 Å². The van der Waals surface area contributed by atoms with Crippen molar-refractivity contribution in [2.45, 2.75) is 13.8 Å². The van der Waals surface area contributed by atoms with E-state index < -0.39 is 0 Å². The molecule has 0 N–H and O–H groups in total. The van der Waals surface area contributed by atoms with Gasteiger partial charge in [-0.3, -0.25) is 4.79 Å². The highest BCUT2D eigenvalue weighted by Crippen LogP contribution is 2.20. The quantitative estimate of drug-likeness (QED) is 0.754. The van der Waals surface area contributed by atoms with Gasteiger partial charge < -0.3 is 4.90 Å². The monoisotopic (exact) mass is 376 g/mol. The Hall–Kier alpha value is -0.800. The summed E-state index contributed by atoms with van der Waals surface area (Å²) in [6.45, 7) is 4.72.